The number of carbonyl (C=O) groups is 1. The van der Waals surface area contributed by atoms with Crippen LogP contribution in [-0.4, -0.2) is 51.2 Å². The molecule has 2 heterocycles. The first kappa shape index (κ1) is 18.5. The van der Waals surface area contributed by atoms with E-state index in [1.54, 1.807) is 6.20 Å². The number of aromatic nitrogens is 1. The number of aliphatic carboxylic acids is 1. The Balaban J connectivity index is 2.04. The van der Waals surface area contributed by atoms with E-state index in [1.807, 2.05) is 18.2 Å². The lowest BCUT2D eigenvalue weighted by atomic mass is 9.78. The Bertz CT molecular complexity index is 576. The minimum absolute atomic E-state index is 0.129. The molecule has 7 heteroatoms. The molecule has 1 aliphatic rings. The van der Waals surface area contributed by atoms with E-state index in [-0.39, 0.29) is 18.2 Å². The molecule has 1 aromatic rings. The second-order valence-electron chi connectivity index (χ2n) is 6.33. The Labute approximate surface area is 142 Å². The summed E-state index contributed by atoms with van der Waals surface area (Å²) in [5.74, 6) is 0.633. The molecule has 24 heavy (non-hydrogen) atoms. The SMILES string of the molecule is C#C[C@@H](C(=O)O)C1CN(Cc2ccccn2)C[C@@H]1CCCB(O)O. The maximum atomic E-state index is 11.5. The van der Waals surface area contributed by atoms with Crippen molar-refractivity contribution in [3.05, 3.63) is 30.1 Å². The van der Waals surface area contributed by atoms with Crippen LogP contribution in [0.4, 0.5) is 0 Å². The Hall–Kier alpha value is -1.88. The van der Waals surface area contributed by atoms with E-state index in [1.165, 1.54) is 0 Å². The molecule has 1 aromatic heterocycles. The molecule has 1 fully saturated rings. The average molecular weight is 330 g/mol. The number of hydrogen-bond donors (Lipinski definition) is 3. The van der Waals surface area contributed by atoms with Gasteiger partial charge in [0.25, 0.3) is 0 Å². The van der Waals surface area contributed by atoms with Gasteiger partial charge >= 0.3 is 13.1 Å². The molecule has 6 nitrogen and oxygen atoms in total. The van der Waals surface area contributed by atoms with E-state index in [2.05, 4.69) is 15.8 Å². The monoisotopic (exact) mass is 330 g/mol. The van der Waals surface area contributed by atoms with Crippen LogP contribution in [0.5, 0.6) is 0 Å². The van der Waals surface area contributed by atoms with Crippen LogP contribution < -0.4 is 0 Å². The number of likely N-dealkylation sites (tertiary alicyclic amines) is 1. The van der Waals surface area contributed by atoms with Gasteiger partial charge in [0, 0.05) is 25.8 Å². The highest BCUT2D eigenvalue weighted by Crippen LogP contribution is 2.34. The van der Waals surface area contributed by atoms with Gasteiger partial charge in [-0.3, -0.25) is 14.7 Å². The van der Waals surface area contributed by atoms with Crippen molar-refractivity contribution in [1.29, 1.82) is 0 Å². The van der Waals surface area contributed by atoms with Crippen LogP contribution >= 0.6 is 0 Å². The lowest BCUT2D eigenvalue weighted by molar-refractivity contribution is -0.141. The fourth-order valence-electron chi connectivity index (χ4n) is 3.46. The van der Waals surface area contributed by atoms with Gasteiger partial charge < -0.3 is 15.2 Å². The Morgan fingerprint density at radius 3 is 2.83 bits per heavy atom. The number of carboxylic acid groups (broad SMARTS) is 1. The molecule has 0 aliphatic carbocycles. The third-order valence-corrected chi connectivity index (χ3v) is 4.59. The second kappa shape index (κ2) is 8.83. The summed E-state index contributed by atoms with van der Waals surface area (Å²) >= 11 is 0. The van der Waals surface area contributed by atoms with Gasteiger partial charge in [0.2, 0.25) is 0 Å². The molecule has 1 unspecified atom stereocenters. The number of pyridine rings is 1. The van der Waals surface area contributed by atoms with Crippen molar-refractivity contribution in [3.8, 4) is 12.3 Å². The van der Waals surface area contributed by atoms with Crippen molar-refractivity contribution in [2.24, 2.45) is 17.8 Å². The average Bonchev–Trinajstić information content (AvgIpc) is 2.91. The number of rotatable bonds is 8. The summed E-state index contributed by atoms with van der Waals surface area (Å²) in [7, 11) is -1.32. The van der Waals surface area contributed by atoms with Gasteiger partial charge in [0.1, 0.15) is 5.92 Å². The van der Waals surface area contributed by atoms with Crippen LogP contribution in [-0.2, 0) is 11.3 Å². The summed E-state index contributed by atoms with van der Waals surface area (Å²) in [5, 5.41) is 27.4. The summed E-state index contributed by atoms with van der Waals surface area (Å²) in [6.45, 7) is 2.02. The normalized spacial score (nSPS) is 22.0. The van der Waals surface area contributed by atoms with Gasteiger partial charge in [0.05, 0.1) is 5.69 Å². The molecule has 0 saturated carbocycles. The van der Waals surface area contributed by atoms with Gasteiger partial charge in [-0.05, 0) is 36.7 Å². The van der Waals surface area contributed by atoms with Crippen molar-refractivity contribution in [1.82, 2.24) is 9.88 Å². The van der Waals surface area contributed by atoms with Crippen LogP contribution in [0.15, 0.2) is 24.4 Å². The topological polar surface area (TPSA) is 93.9 Å². The van der Waals surface area contributed by atoms with E-state index in [0.717, 1.165) is 18.7 Å². The minimum atomic E-state index is -1.32. The second-order valence-corrected chi connectivity index (χ2v) is 6.33. The number of hydrogen-bond acceptors (Lipinski definition) is 5. The zero-order valence-electron chi connectivity index (χ0n) is 13.6. The smallest absolute Gasteiger partial charge is 0.451 e. The lowest BCUT2D eigenvalue weighted by Gasteiger charge is -2.21. The summed E-state index contributed by atoms with van der Waals surface area (Å²) < 4.78 is 0. The van der Waals surface area contributed by atoms with Gasteiger partial charge in [0.15, 0.2) is 0 Å². The van der Waals surface area contributed by atoms with Crippen molar-refractivity contribution in [2.75, 3.05) is 13.1 Å². The molecule has 3 atom stereocenters. The first-order chi connectivity index (χ1) is 11.5. The minimum Gasteiger partial charge on any atom is -0.480 e. The maximum absolute atomic E-state index is 11.5. The van der Waals surface area contributed by atoms with Crippen LogP contribution in [0.3, 0.4) is 0 Å². The fraction of sp³-hybridized carbons (Fsp3) is 0.529. The standard InChI is InChI=1S/C17H23BN2O4/c1-2-15(17(21)22)16-12-20(11-14-7-3-4-9-19-14)10-13(16)6-5-8-18(23)24/h1,3-4,7,9,13,15-16,23-24H,5-6,8,10-12H2,(H,21,22)/t13-,15+,16?/m0/s1. The molecule has 1 aliphatic heterocycles. The van der Waals surface area contributed by atoms with Crippen LogP contribution in [0.25, 0.3) is 0 Å². The van der Waals surface area contributed by atoms with Gasteiger partial charge in [-0.15, -0.1) is 6.42 Å². The number of terminal acetylenes is 1. The predicted molar refractivity (Wildman–Crippen MR) is 90.7 cm³/mol. The van der Waals surface area contributed by atoms with Gasteiger partial charge in [-0.2, -0.15) is 0 Å². The molecule has 0 spiro atoms. The Morgan fingerprint density at radius 1 is 1.46 bits per heavy atom. The molecule has 128 valence electrons. The first-order valence-electron chi connectivity index (χ1n) is 8.18. The number of nitrogens with zero attached hydrogens (tertiary/aromatic N) is 2. The molecule has 1 saturated heterocycles. The Kier molecular flexibility index (Phi) is 6.79. The first-order valence-corrected chi connectivity index (χ1v) is 8.18. The molecule has 0 aromatic carbocycles. The summed E-state index contributed by atoms with van der Waals surface area (Å²) in [6, 6.07) is 5.73. The van der Waals surface area contributed by atoms with E-state index in [9.17, 15) is 9.90 Å². The van der Waals surface area contributed by atoms with Gasteiger partial charge in [-0.25, -0.2) is 0 Å². The van der Waals surface area contributed by atoms with Crippen LogP contribution in [0, 0.1) is 30.1 Å². The Morgan fingerprint density at radius 2 is 2.25 bits per heavy atom. The quantitative estimate of drug-likeness (QED) is 0.480. The van der Waals surface area contributed by atoms with E-state index in [0.29, 0.717) is 19.5 Å². The molecule has 0 amide bonds. The van der Waals surface area contributed by atoms with Crippen molar-refractivity contribution >= 4 is 13.1 Å². The van der Waals surface area contributed by atoms with Crippen molar-refractivity contribution in [2.45, 2.75) is 25.7 Å². The largest absolute Gasteiger partial charge is 0.480 e. The third kappa shape index (κ3) is 5.06. The summed E-state index contributed by atoms with van der Waals surface area (Å²) in [4.78, 5) is 18.0. The van der Waals surface area contributed by atoms with E-state index in [4.69, 9.17) is 16.5 Å². The van der Waals surface area contributed by atoms with Crippen LogP contribution in [0.1, 0.15) is 18.5 Å². The summed E-state index contributed by atoms with van der Waals surface area (Å²) in [5.41, 5.74) is 0.940. The molecule has 0 radical (unpaired) electrons. The highest BCUT2D eigenvalue weighted by Gasteiger charge is 2.40. The zero-order valence-corrected chi connectivity index (χ0v) is 13.6. The van der Waals surface area contributed by atoms with Gasteiger partial charge in [-0.1, -0.05) is 18.4 Å². The molecular formula is C17H23BN2O4. The predicted octanol–water partition coefficient (Wildman–Crippen LogP) is 0.717. The lowest BCUT2D eigenvalue weighted by Crippen LogP contribution is -2.28. The number of carboxylic acids is 1. The van der Waals surface area contributed by atoms with Crippen molar-refractivity contribution < 1.29 is 19.9 Å². The molecule has 2 rings (SSSR count). The molecule has 3 N–H and O–H groups in total. The third-order valence-electron chi connectivity index (χ3n) is 4.59. The highest BCUT2D eigenvalue weighted by molar-refractivity contribution is 6.40. The fourth-order valence-corrected chi connectivity index (χ4v) is 3.46. The molecular weight excluding hydrogens is 307 g/mol. The maximum Gasteiger partial charge on any atom is 0.451 e. The zero-order chi connectivity index (χ0) is 17.5. The highest BCUT2D eigenvalue weighted by atomic mass is 16.4. The van der Waals surface area contributed by atoms with E-state index >= 15 is 0 Å². The van der Waals surface area contributed by atoms with Crippen molar-refractivity contribution in [3.63, 3.8) is 0 Å². The molecule has 0 bridgehead atoms. The summed E-state index contributed by atoms with van der Waals surface area (Å²) in [6.07, 6.45) is 8.84. The van der Waals surface area contributed by atoms with Crippen LogP contribution in [0.2, 0.25) is 6.32 Å². The van der Waals surface area contributed by atoms with E-state index < -0.39 is 19.0 Å².